The molecule has 2 aromatic heterocycles. The first-order valence-corrected chi connectivity index (χ1v) is 8.15. The predicted molar refractivity (Wildman–Crippen MR) is 89.7 cm³/mol. The van der Waals surface area contributed by atoms with Gasteiger partial charge in [-0.3, -0.25) is 9.36 Å². The highest BCUT2D eigenvalue weighted by Gasteiger charge is 2.15. The maximum atomic E-state index is 12.6. The van der Waals surface area contributed by atoms with Crippen molar-refractivity contribution in [1.82, 2.24) is 4.57 Å². The second kappa shape index (κ2) is 5.81. The van der Waals surface area contributed by atoms with Crippen LogP contribution in [0, 0.1) is 0 Å². The summed E-state index contributed by atoms with van der Waals surface area (Å²) in [5.74, 6) is 0. The van der Waals surface area contributed by atoms with Gasteiger partial charge in [0.2, 0.25) is 0 Å². The highest BCUT2D eigenvalue weighted by molar-refractivity contribution is 7.07. The molecular weight excluding hydrogens is 308 g/mol. The standard InChI is InChI=1S/C17H14N4OS/c22-16-15(9-13-5-4-8-18-10-13)23-17-19-11-20(12-21(16)17)14-6-2-1-3-7-14/h1-10H,11-12H2/p+1. The normalized spacial score (nSPS) is 14.4. The second-order valence-corrected chi connectivity index (χ2v) is 6.29. The summed E-state index contributed by atoms with van der Waals surface area (Å²) in [6, 6.07) is 13.9. The third-order valence-electron chi connectivity index (χ3n) is 3.73. The summed E-state index contributed by atoms with van der Waals surface area (Å²) in [7, 11) is 0. The monoisotopic (exact) mass is 323 g/mol. The number of H-pyrrole nitrogens is 1. The van der Waals surface area contributed by atoms with Gasteiger partial charge in [-0.1, -0.05) is 29.5 Å². The van der Waals surface area contributed by atoms with Crippen LogP contribution in [0.5, 0.6) is 0 Å². The number of anilines is 1. The van der Waals surface area contributed by atoms with Crippen molar-refractivity contribution in [3.8, 4) is 0 Å². The molecule has 0 aliphatic carbocycles. The Morgan fingerprint density at radius 3 is 2.83 bits per heavy atom. The van der Waals surface area contributed by atoms with Crippen LogP contribution in [0.15, 0.2) is 64.6 Å². The Morgan fingerprint density at radius 2 is 2.04 bits per heavy atom. The van der Waals surface area contributed by atoms with Crippen LogP contribution in [-0.4, -0.2) is 11.2 Å². The Morgan fingerprint density at radius 1 is 1.17 bits per heavy atom. The van der Waals surface area contributed by atoms with Crippen molar-refractivity contribution in [2.45, 2.75) is 6.67 Å². The number of para-hydroxylation sites is 1. The molecule has 23 heavy (non-hydrogen) atoms. The summed E-state index contributed by atoms with van der Waals surface area (Å²) < 4.78 is 2.44. The fourth-order valence-electron chi connectivity index (χ4n) is 2.56. The van der Waals surface area contributed by atoms with Crippen molar-refractivity contribution in [3.63, 3.8) is 0 Å². The molecule has 1 N–H and O–H groups in total. The zero-order chi connectivity index (χ0) is 15.6. The molecule has 0 saturated carbocycles. The predicted octanol–water partition coefficient (Wildman–Crippen LogP) is 0.607. The lowest BCUT2D eigenvalue weighted by molar-refractivity contribution is -0.378. The summed E-state index contributed by atoms with van der Waals surface area (Å²) in [4.78, 5) is 23.1. The fourth-order valence-corrected chi connectivity index (χ4v) is 3.52. The van der Waals surface area contributed by atoms with Gasteiger partial charge in [0.05, 0.1) is 4.53 Å². The van der Waals surface area contributed by atoms with Gasteiger partial charge in [-0.2, -0.15) is 0 Å². The number of aromatic amines is 1. The fraction of sp³-hybridized carbons (Fsp3) is 0.118. The van der Waals surface area contributed by atoms with Gasteiger partial charge in [-0.25, -0.2) is 9.98 Å². The Hall–Kier alpha value is -2.73. The number of rotatable bonds is 2. The summed E-state index contributed by atoms with van der Waals surface area (Å²) in [5.41, 5.74) is 2.06. The lowest BCUT2D eigenvalue weighted by Crippen LogP contribution is -2.42. The number of nitrogens with zero attached hydrogens (tertiary/aromatic N) is 3. The Balaban J connectivity index is 1.74. The van der Waals surface area contributed by atoms with E-state index in [0.717, 1.165) is 16.1 Å². The molecule has 0 fully saturated rings. The summed E-state index contributed by atoms with van der Waals surface area (Å²) in [6.07, 6.45) is 5.62. The molecule has 5 nitrogen and oxygen atoms in total. The van der Waals surface area contributed by atoms with Gasteiger partial charge in [0, 0.05) is 17.3 Å². The lowest BCUT2D eigenvalue weighted by Gasteiger charge is -2.25. The van der Waals surface area contributed by atoms with Gasteiger partial charge in [-0.05, 0) is 24.3 Å². The van der Waals surface area contributed by atoms with Crippen LogP contribution in [0.1, 0.15) is 5.56 Å². The molecule has 0 unspecified atom stereocenters. The van der Waals surface area contributed by atoms with E-state index in [4.69, 9.17) is 0 Å². The summed E-state index contributed by atoms with van der Waals surface area (Å²) >= 11 is 1.44. The molecule has 3 heterocycles. The zero-order valence-corrected chi connectivity index (χ0v) is 13.2. The first-order valence-electron chi connectivity index (χ1n) is 7.33. The van der Waals surface area contributed by atoms with E-state index in [-0.39, 0.29) is 5.56 Å². The molecule has 1 aromatic carbocycles. The van der Waals surface area contributed by atoms with Crippen molar-refractivity contribution in [2.75, 3.05) is 11.6 Å². The van der Waals surface area contributed by atoms with Crippen LogP contribution < -0.4 is 24.8 Å². The van der Waals surface area contributed by atoms with E-state index in [1.54, 1.807) is 4.57 Å². The molecule has 114 valence electrons. The van der Waals surface area contributed by atoms with Gasteiger partial charge >= 0.3 is 0 Å². The smallest absolute Gasteiger partial charge is 0.271 e. The zero-order valence-electron chi connectivity index (χ0n) is 12.3. The average molecular weight is 323 g/mol. The molecule has 0 spiro atoms. The van der Waals surface area contributed by atoms with Crippen molar-refractivity contribution < 1.29 is 4.98 Å². The Bertz CT molecular complexity index is 993. The lowest BCUT2D eigenvalue weighted by atomic mass is 10.3. The first kappa shape index (κ1) is 13.9. The Labute approximate surface area is 136 Å². The minimum Gasteiger partial charge on any atom is -0.334 e. The number of thiazole rings is 1. The van der Waals surface area contributed by atoms with Crippen molar-refractivity contribution in [1.29, 1.82) is 0 Å². The van der Waals surface area contributed by atoms with Crippen LogP contribution in [-0.2, 0) is 6.67 Å². The van der Waals surface area contributed by atoms with Crippen molar-refractivity contribution in [3.05, 3.63) is 80.1 Å². The topological polar surface area (TPSA) is 51.7 Å². The van der Waals surface area contributed by atoms with E-state index >= 15 is 0 Å². The average Bonchev–Trinajstić information content (AvgIpc) is 2.92. The number of benzene rings is 1. The van der Waals surface area contributed by atoms with Gasteiger partial charge in [0.15, 0.2) is 17.2 Å². The molecule has 6 heteroatoms. The van der Waals surface area contributed by atoms with Gasteiger partial charge in [0.1, 0.15) is 13.3 Å². The number of hydrogen-bond donors (Lipinski definition) is 0. The Kier molecular flexibility index (Phi) is 3.51. The van der Waals surface area contributed by atoms with E-state index in [1.165, 1.54) is 11.3 Å². The second-order valence-electron chi connectivity index (χ2n) is 5.28. The molecule has 1 aliphatic heterocycles. The molecule has 0 radical (unpaired) electrons. The minimum absolute atomic E-state index is 0.0123. The molecule has 0 bridgehead atoms. The highest BCUT2D eigenvalue weighted by atomic mass is 32.1. The maximum Gasteiger partial charge on any atom is 0.271 e. The quantitative estimate of drug-likeness (QED) is 0.694. The molecular formula is C17H15N4OS+. The first-order chi connectivity index (χ1) is 11.3. The van der Waals surface area contributed by atoms with Crippen LogP contribution in [0.2, 0.25) is 0 Å². The van der Waals surface area contributed by atoms with E-state index in [9.17, 15) is 4.79 Å². The van der Waals surface area contributed by atoms with E-state index in [2.05, 4.69) is 14.9 Å². The molecule has 1 aliphatic rings. The highest BCUT2D eigenvalue weighted by Crippen LogP contribution is 2.14. The van der Waals surface area contributed by atoms with Crippen LogP contribution >= 0.6 is 11.3 Å². The third-order valence-corrected chi connectivity index (χ3v) is 4.77. The third kappa shape index (κ3) is 2.68. The van der Waals surface area contributed by atoms with E-state index in [1.807, 2.05) is 60.9 Å². The molecule has 0 amide bonds. The molecule has 3 aromatic rings. The largest absolute Gasteiger partial charge is 0.334 e. The van der Waals surface area contributed by atoms with Crippen LogP contribution in [0.4, 0.5) is 5.69 Å². The number of nitrogens with one attached hydrogen (secondary N) is 1. The summed E-state index contributed by atoms with van der Waals surface area (Å²) in [6.45, 7) is 1.11. The molecule has 0 saturated heterocycles. The van der Waals surface area contributed by atoms with Crippen molar-refractivity contribution in [2.24, 2.45) is 4.99 Å². The van der Waals surface area contributed by atoms with Gasteiger partial charge in [0.25, 0.3) is 5.56 Å². The van der Waals surface area contributed by atoms with Crippen LogP contribution in [0.25, 0.3) is 6.08 Å². The van der Waals surface area contributed by atoms with Gasteiger partial charge in [-0.15, -0.1) is 0 Å². The van der Waals surface area contributed by atoms with E-state index in [0.29, 0.717) is 17.9 Å². The SMILES string of the molecule is O=c1c(=Cc2ccc[nH+]c2)sc2n1CN(c1ccccc1)CN=2. The van der Waals surface area contributed by atoms with Gasteiger partial charge < -0.3 is 4.90 Å². The number of pyridine rings is 1. The van der Waals surface area contributed by atoms with E-state index < -0.39 is 0 Å². The summed E-state index contributed by atoms with van der Waals surface area (Å²) in [5, 5.41) is 0. The number of aromatic nitrogens is 2. The maximum absolute atomic E-state index is 12.6. The number of fused-ring (bicyclic) bond motifs is 1. The minimum atomic E-state index is 0.0123. The molecule has 4 rings (SSSR count). The van der Waals surface area contributed by atoms with Crippen LogP contribution in [0.3, 0.4) is 0 Å². The molecule has 0 atom stereocenters. The number of hydrogen-bond acceptors (Lipinski definition) is 4. The van der Waals surface area contributed by atoms with Crippen molar-refractivity contribution >= 4 is 23.1 Å².